The molecule has 0 aliphatic heterocycles. The van der Waals surface area contributed by atoms with Crippen LogP contribution in [-0.4, -0.2) is 32.8 Å². The molecular formula is C22H27F2NO4. The maximum absolute atomic E-state index is 12.4. The van der Waals surface area contributed by atoms with Crippen LogP contribution in [-0.2, 0) is 16.6 Å². The number of hydrogen-bond acceptors (Lipinski definition) is 4. The highest BCUT2D eigenvalue weighted by Gasteiger charge is 2.19. The largest absolute Gasteiger partial charge is 0.493 e. The van der Waals surface area contributed by atoms with Gasteiger partial charge in [-0.25, -0.2) is 0 Å². The number of carbonyl (C=O) groups excluding carboxylic acids is 1. The van der Waals surface area contributed by atoms with E-state index in [-0.39, 0.29) is 29.4 Å². The molecule has 0 aliphatic rings. The Morgan fingerprint density at radius 2 is 1.79 bits per heavy atom. The van der Waals surface area contributed by atoms with Crippen molar-refractivity contribution in [2.24, 2.45) is 0 Å². The van der Waals surface area contributed by atoms with Gasteiger partial charge in [0.2, 0.25) is 0 Å². The van der Waals surface area contributed by atoms with Gasteiger partial charge in [0, 0.05) is 6.54 Å². The Morgan fingerprint density at radius 3 is 2.45 bits per heavy atom. The Hall–Kier alpha value is -2.83. The van der Waals surface area contributed by atoms with Crippen LogP contribution < -0.4 is 19.5 Å². The van der Waals surface area contributed by atoms with Gasteiger partial charge in [-0.3, -0.25) is 4.79 Å². The van der Waals surface area contributed by atoms with Gasteiger partial charge in [0.25, 0.3) is 5.91 Å². The molecule has 1 N–H and O–H groups in total. The molecule has 1 amide bonds. The number of benzene rings is 2. The molecule has 0 radical (unpaired) electrons. The predicted molar refractivity (Wildman–Crippen MR) is 107 cm³/mol. The molecule has 0 saturated heterocycles. The van der Waals surface area contributed by atoms with Crippen LogP contribution in [0.2, 0.25) is 0 Å². The zero-order chi connectivity index (χ0) is 21.4. The second-order valence-electron chi connectivity index (χ2n) is 7.50. The molecule has 2 rings (SSSR count). The zero-order valence-electron chi connectivity index (χ0n) is 17.1. The minimum atomic E-state index is -2.92. The van der Waals surface area contributed by atoms with Crippen molar-refractivity contribution in [3.63, 3.8) is 0 Å². The van der Waals surface area contributed by atoms with Crippen molar-refractivity contribution in [1.29, 1.82) is 0 Å². The number of hydrogen-bond donors (Lipinski definition) is 1. The lowest BCUT2D eigenvalue weighted by Gasteiger charge is -2.22. The Kier molecular flexibility index (Phi) is 7.82. The highest BCUT2D eigenvalue weighted by molar-refractivity contribution is 5.77. The van der Waals surface area contributed by atoms with Crippen LogP contribution in [0.3, 0.4) is 0 Å². The molecule has 0 saturated carbocycles. The molecular weight excluding hydrogens is 380 g/mol. The number of para-hydroxylation sites is 1. The second-order valence-corrected chi connectivity index (χ2v) is 7.50. The lowest BCUT2D eigenvalue weighted by atomic mass is 9.86. The predicted octanol–water partition coefficient (Wildman–Crippen LogP) is 4.33. The molecule has 0 spiro atoms. The van der Waals surface area contributed by atoms with Gasteiger partial charge in [-0.1, -0.05) is 45.0 Å². The van der Waals surface area contributed by atoms with Gasteiger partial charge in [-0.05, 0) is 41.2 Å². The SMILES string of the molecule is COc1cc(CCNC(=O)COc2ccccc2C(C)(C)C)ccc1OC(F)F. The van der Waals surface area contributed by atoms with Gasteiger partial charge in [-0.15, -0.1) is 0 Å². The van der Waals surface area contributed by atoms with Gasteiger partial charge in [0.1, 0.15) is 5.75 Å². The summed E-state index contributed by atoms with van der Waals surface area (Å²) in [4.78, 5) is 12.1. The van der Waals surface area contributed by atoms with Gasteiger partial charge in [0.15, 0.2) is 18.1 Å². The summed E-state index contributed by atoms with van der Waals surface area (Å²) in [5, 5.41) is 2.79. The Balaban J connectivity index is 1.85. The summed E-state index contributed by atoms with van der Waals surface area (Å²) >= 11 is 0. The van der Waals surface area contributed by atoms with Crippen LogP contribution >= 0.6 is 0 Å². The zero-order valence-corrected chi connectivity index (χ0v) is 17.1. The molecule has 0 aliphatic carbocycles. The van der Waals surface area contributed by atoms with Crippen molar-refractivity contribution < 1.29 is 27.8 Å². The third-order valence-corrected chi connectivity index (χ3v) is 4.23. The first-order chi connectivity index (χ1) is 13.7. The van der Waals surface area contributed by atoms with E-state index in [1.54, 1.807) is 12.1 Å². The minimum Gasteiger partial charge on any atom is -0.493 e. The Bertz CT molecular complexity index is 819. The third kappa shape index (κ3) is 6.93. The molecule has 0 bridgehead atoms. The van der Waals surface area contributed by atoms with Crippen molar-refractivity contribution >= 4 is 5.91 Å². The number of rotatable bonds is 9. The van der Waals surface area contributed by atoms with Crippen LogP contribution in [0, 0.1) is 0 Å². The van der Waals surface area contributed by atoms with Crippen molar-refractivity contribution in [2.45, 2.75) is 39.2 Å². The van der Waals surface area contributed by atoms with Gasteiger partial charge >= 0.3 is 6.61 Å². The van der Waals surface area contributed by atoms with Gasteiger partial charge in [-0.2, -0.15) is 8.78 Å². The molecule has 0 fully saturated rings. The molecule has 2 aromatic carbocycles. The van der Waals surface area contributed by atoms with Crippen molar-refractivity contribution in [2.75, 3.05) is 20.3 Å². The number of carbonyl (C=O) groups is 1. The van der Waals surface area contributed by atoms with E-state index in [2.05, 4.69) is 30.8 Å². The lowest BCUT2D eigenvalue weighted by molar-refractivity contribution is -0.123. The number of amides is 1. The van der Waals surface area contributed by atoms with E-state index in [1.165, 1.54) is 13.2 Å². The Labute approximate surface area is 170 Å². The van der Waals surface area contributed by atoms with Gasteiger partial charge < -0.3 is 19.5 Å². The first-order valence-corrected chi connectivity index (χ1v) is 9.31. The summed E-state index contributed by atoms with van der Waals surface area (Å²) in [5.74, 6) is 0.644. The molecule has 29 heavy (non-hydrogen) atoms. The van der Waals surface area contributed by atoms with E-state index in [9.17, 15) is 13.6 Å². The van der Waals surface area contributed by atoms with Crippen LogP contribution in [0.4, 0.5) is 8.78 Å². The smallest absolute Gasteiger partial charge is 0.387 e. The summed E-state index contributed by atoms with van der Waals surface area (Å²) in [6.45, 7) is 3.63. The van der Waals surface area contributed by atoms with Crippen LogP contribution in [0.5, 0.6) is 17.2 Å². The molecule has 0 unspecified atom stereocenters. The number of ether oxygens (including phenoxy) is 3. The molecule has 0 heterocycles. The maximum Gasteiger partial charge on any atom is 0.387 e. The van der Waals surface area contributed by atoms with Crippen LogP contribution in [0.15, 0.2) is 42.5 Å². The highest BCUT2D eigenvalue weighted by atomic mass is 19.3. The quantitative estimate of drug-likeness (QED) is 0.672. The third-order valence-electron chi connectivity index (χ3n) is 4.23. The summed E-state index contributed by atoms with van der Waals surface area (Å²) in [6.07, 6.45) is 0.510. The number of nitrogens with one attached hydrogen (secondary N) is 1. The standard InChI is InChI=1S/C22H27F2NO4/c1-22(2,3)16-7-5-6-8-17(16)28-14-20(26)25-12-11-15-9-10-18(29-21(23)24)19(13-15)27-4/h5-10,13,21H,11-12,14H2,1-4H3,(H,25,26). The molecule has 0 atom stereocenters. The fraction of sp³-hybridized carbons (Fsp3) is 0.409. The van der Waals surface area contributed by atoms with Crippen LogP contribution in [0.1, 0.15) is 31.9 Å². The van der Waals surface area contributed by atoms with Crippen molar-refractivity contribution in [3.8, 4) is 17.2 Å². The molecule has 0 aromatic heterocycles. The fourth-order valence-corrected chi connectivity index (χ4v) is 2.81. The van der Waals surface area contributed by atoms with E-state index in [0.717, 1.165) is 11.1 Å². The molecule has 5 nitrogen and oxygen atoms in total. The average Bonchev–Trinajstić information content (AvgIpc) is 2.66. The van der Waals surface area contributed by atoms with Crippen LogP contribution in [0.25, 0.3) is 0 Å². The van der Waals surface area contributed by atoms with E-state index in [4.69, 9.17) is 9.47 Å². The van der Waals surface area contributed by atoms with E-state index >= 15 is 0 Å². The number of halogens is 2. The first-order valence-electron chi connectivity index (χ1n) is 9.31. The van der Waals surface area contributed by atoms with Crippen molar-refractivity contribution in [1.82, 2.24) is 5.32 Å². The van der Waals surface area contributed by atoms with Gasteiger partial charge in [0.05, 0.1) is 7.11 Å². The first kappa shape index (κ1) is 22.5. The lowest BCUT2D eigenvalue weighted by Crippen LogP contribution is -2.31. The Morgan fingerprint density at radius 1 is 1.07 bits per heavy atom. The summed E-state index contributed by atoms with van der Waals surface area (Å²) in [5.41, 5.74) is 1.76. The summed E-state index contributed by atoms with van der Waals surface area (Å²) in [6, 6.07) is 12.3. The normalized spacial score (nSPS) is 11.3. The second kappa shape index (κ2) is 10.1. The highest BCUT2D eigenvalue weighted by Crippen LogP contribution is 2.31. The van der Waals surface area contributed by atoms with E-state index in [0.29, 0.717) is 18.7 Å². The molecule has 7 heteroatoms. The summed E-state index contributed by atoms with van der Waals surface area (Å²) < 4.78 is 39.9. The monoisotopic (exact) mass is 407 g/mol. The van der Waals surface area contributed by atoms with E-state index < -0.39 is 6.61 Å². The number of methoxy groups -OCH3 is 1. The van der Waals surface area contributed by atoms with Crippen molar-refractivity contribution in [3.05, 3.63) is 53.6 Å². The maximum atomic E-state index is 12.4. The fourth-order valence-electron chi connectivity index (χ4n) is 2.81. The number of alkyl halides is 2. The molecule has 2 aromatic rings. The average molecular weight is 407 g/mol. The minimum absolute atomic E-state index is 0.0267. The molecule has 158 valence electrons. The summed E-state index contributed by atoms with van der Waals surface area (Å²) in [7, 11) is 1.38. The topological polar surface area (TPSA) is 56.8 Å². The van der Waals surface area contributed by atoms with E-state index in [1.807, 2.05) is 24.3 Å².